The second kappa shape index (κ2) is 17.7. The van der Waals surface area contributed by atoms with Crippen molar-refractivity contribution in [1.82, 2.24) is 10.2 Å². The molecule has 2 amide bonds. The van der Waals surface area contributed by atoms with Crippen molar-refractivity contribution >= 4 is 11.8 Å². The maximum atomic E-state index is 13.8. The van der Waals surface area contributed by atoms with E-state index in [2.05, 4.69) is 12.2 Å². The van der Waals surface area contributed by atoms with Crippen LogP contribution in [0.5, 0.6) is 0 Å². The highest BCUT2D eigenvalue weighted by atomic mass is 16.5. The van der Waals surface area contributed by atoms with Crippen molar-refractivity contribution in [3.05, 3.63) is 70.8 Å². The van der Waals surface area contributed by atoms with Crippen molar-refractivity contribution in [2.45, 2.75) is 71.3 Å². The van der Waals surface area contributed by atoms with Gasteiger partial charge in [0, 0.05) is 49.9 Å². The van der Waals surface area contributed by atoms with Gasteiger partial charge in [-0.15, -0.1) is 0 Å². The van der Waals surface area contributed by atoms with Crippen molar-refractivity contribution in [1.29, 1.82) is 0 Å². The third-order valence-corrected chi connectivity index (χ3v) is 6.65. The number of nitrogens with two attached hydrogens (primary N) is 1. The maximum absolute atomic E-state index is 13.8. The molecule has 2 aromatic rings. The van der Waals surface area contributed by atoms with E-state index in [1.165, 1.54) is 0 Å². The van der Waals surface area contributed by atoms with Crippen LogP contribution in [0.1, 0.15) is 90.6 Å². The lowest BCUT2D eigenvalue weighted by molar-refractivity contribution is 0.0751. The molecule has 0 heterocycles. The molecule has 210 valence electrons. The molecule has 0 aliphatic heterocycles. The van der Waals surface area contributed by atoms with Gasteiger partial charge in [0.05, 0.1) is 6.10 Å². The fourth-order valence-corrected chi connectivity index (χ4v) is 4.73. The van der Waals surface area contributed by atoms with E-state index < -0.39 is 17.9 Å². The van der Waals surface area contributed by atoms with Crippen LogP contribution >= 0.6 is 0 Å². The zero-order chi connectivity index (χ0) is 27.8. The number of ether oxygens (including phenoxy) is 1. The molecule has 7 nitrogen and oxygen atoms in total. The fraction of sp³-hybridized carbons (Fsp3) is 0.548. The van der Waals surface area contributed by atoms with Gasteiger partial charge in [-0.3, -0.25) is 9.59 Å². The zero-order valence-electron chi connectivity index (χ0n) is 23.5. The third-order valence-electron chi connectivity index (χ3n) is 6.65. The molecule has 0 aromatic heterocycles. The Bertz CT molecular complexity index is 961. The van der Waals surface area contributed by atoms with E-state index in [0.717, 1.165) is 44.3 Å². The molecular formula is C31H47N3O4. The second-order valence-electron chi connectivity index (χ2n) is 9.81. The molecule has 38 heavy (non-hydrogen) atoms. The highest BCUT2D eigenvalue weighted by Gasteiger charge is 2.31. The van der Waals surface area contributed by atoms with Gasteiger partial charge >= 0.3 is 0 Å². The zero-order valence-corrected chi connectivity index (χ0v) is 23.5. The van der Waals surface area contributed by atoms with Crippen LogP contribution in [-0.4, -0.2) is 67.3 Å². The van der Waals surface area contributed by atoms with Crippen molar-refractivity contribution in [2.75, 3.05) is 39.4 Å². The molecule has 0 saturated heterocycles. The molecule has 7 heteroatoms. The molecular weight excluding hydrogens is 478 g/mol. The summed E-state index contributed by atoms with van der Waals surface area (Å²) in [6.07, 6.45) is 4.30. The molecule has 0 fully saturated rings. The summed E-state index contributed by atoms with van der Waals surface area (Å²) in [7, 11) is 0. The summed E-state index contributed by atoms with van der Waals surface area (Å²) in [6, 6.07) is 15.0. The minimum Gasteiger partial charge on any atom is -0.391 e. The average Bonchev–Trinajstić information content (AvgIpc) is 2.92. The Labute approximate surface area is 228 Å². The molecule has 0 radical (unpaired) electrons. The minimum atomic E-state index is -0.839. The molecule has 0 unspecified atom stereocenters. The summed E-state index contributed by atoms with van der Waals surface area (Å²) in [6.45, 7) is 9.93. The number of nitrogens with zero attached hydrogens (tertiary/aromatic N) is 1. The number of hydrogen-bond acceptors (Lipinski definition) is 5. The summed E-state index contributed by atoms with van der Waals surface area (Å²) in [5.41, 5.74) is 8.09. The van der Waals surface area contributed by atoms with Crippen molar-refractivity contribution < 1.29 is 19.4 Å². The van der Waals surface area contributed by atoms with E-state index in [1.54, 1.807) is 18.2 Å². The van der Waals surface area contributed by atoms with E-state index in [1.807, 2.05) is 49.1 Å². The Morgan fingerprint density at radius 2 is 1.58 bits per heavy atom. The quantitative estimate of drug-likeness (QED) is 0.234. The number of carbonyl (C=O) groups excluding carboxylic acids is 2. The maximum Gasteiger partial charge on any atom is 0.254 e. The lowest BCUT2D eigenvalue weighted by Crippen LogP contribution is -2.38. The smallest absolute Gasteiger partial charge is 0.254 e. The highest BCUT2D eigenvalue weighted by molar-refractivity contribution is 6.02. The molecule has 2 aromatic carbocycles. The van der Waals surface area contributed by atoms with E-state index >= 15 is 0 Å². The lowest BCUT2D eigenvalue weighted by atomic mass is 9.81. The molecule has 0 aliphatic carbocycles. The van der Waals surface area contributed by atoms with Crippen LogP contribution in [0.25, 0.3) is 0 Å². The largest absolute Gasteiger partial charge is 0.391 e. The predicted octanol–water partition coefficient (Wildman–Crippen LogP) is 4.53. The summed E-state index contributed by atoms with van der Waals surface area (Å²) in [4.78, 5) is 28.2. The minimum absolute atomic E-state index is 0.130. The number of hydrogen-bond donors (Lipinski definition) is 3. The third kappa shape index (κ3) is 9.86. The molecule has 2 rings (SSSR count). The average molecular weight is 526 g/mol. The predicted molar refractivity (Wildman–Crippen MR) is 154 cm³/mol. The first kappa shape index (κ1) is 31.5. The van der Waals surface area contributed by atoms with Crippen molar-refractivity contribution in [3.8, 4) is 0 Å². The first-order valence-corrected chi connectivity index (χ1v) is 14.2. The van der Waals surface area contributed by atoms with E-state index in [9.17, 15) is 14.7 Å². The van der Waals surface area contributed by atoms with Gasteiger partial charge in [0.1, 0.15) is 0 Å². The normalized spacial score (nSPS) is 12.7. The Kier molecular flexibility index (Phi) is 14.7. The van der Waals surface area contributed by atoms with Crippen LogP contribution in [-0.2, 0) is 11.2 Å². The fourth-order valence-electron chi connectivity index (χ4n) is 4.73. The van der Waals surface area contributed by atoms with Gasteiger partial charge in [-0.25, -0.2) is 0 Å². The number of rotatable bonds is 19. The Balaban J connectivity index is 2.36. The Morgan fingerprint density at radius 3 is 2.21 bits per heavy atom. The van der Waals surface area contributed by atoms with E-state index in [4.69, 9.17) is 10.5 Å². The summed E-state index contributed by atoms with van der Waals surface area (Å²) >= 11 is 0. The van der Waals surface area contributed by atoms with Crippen LogP contribution in [0.15, 0.2) is 48.5 Å². The van der Waals surface area contributed by atoms with Gasteiger partial charge in [0.25, 0.3) is 5.91 Å². The van der Waals surface area contributed by atoms with E-state index in [0.29, 0.717) is 50.3 Å². The van der Waals surface area contributed by atoms with Crippen molar-refractivity contribution in [2.24, 2.45) is 5.73 Å². The summed E-state index contributed by atoms with van der Waals surface area (Å²) in [5, 5.41) is 14.8. The van der Waals surface area contributed by atoms with Gasteiger partial charge in [-0.2, -0.15) is 0 Å². The van der Waals surface area contributed by atoms with Gasteiger partial charge in [0.15, 0.2) is 0 Å². The number of primary amides is 1. The van der Waals surface area contributed by atoms with E-state index in [-0.39, 0.29) is 11.5 Å². The molecule has 0 saturated carbocycles. The van der Waals surface area contributed by atoms with Crippen molar-refractivity contribution in [3.63, 3.8) is 0 Å². The molecule has 4 N–H and O–H groups in total. The first-order chi connectivity index (χ1) is 18.4. The lowest BCUT2D eigenvalue weighted by Gasteiger charge is -2.29. The number of benzene rings is 2. The number of amides is 2. The first-order valence-electron chi connectivity index (χ1n) is 14.2. The Morgan fingerprint density at radius 1 is 0.921 bits per heavy atom. The van der Waals surface area contributed by atoms with Gasteiger partial charge in [-0.1, -0.05) is 63.6 Å². The standard InChI is InChI=1S/C31H47N3O4/c1-4-7-20-38-21-12-17-33-23-28(35)27(22-24-13-9-8-10-14-24)29-25(30(32)36)15-11-16-26(29)31(37)34(18-5-2)19-6-3/h8-11,13-16,27-28,33,35H,4-7,12,17-23H2,1-3H3,(H2,32,36)/t27-,28+/m1/s1. The van der Waals surface area contributed by atoms with Gasteiger partial charge < -0.3 is 25.8 Å². The summed E-state index contributed by atoms with van der Waals surface area (Å²) < 4.78 is 5.63. The molecule has 0 bridgehead atoms. The Hall–Kier alpha value is -2.74. The van der Waals surface area contributed by atoms with Crippen LogP contribution in [0.2, 0.25) is 0 Å². The monoisotopic (exact) mass is 525 g/mol. The summed E-state index contributed by atoms with van der Waals surface area (Å²) in [5.74, 6) is -1.23. The van der Waals surface area contributed by atoms with Crippen LogP contribution in [0.4, 0.5) is 0 Å². The molecule has 0 spiro atoms. The molecule has 2 atom stereocenters. The number of nitrogens with one attached hydrogen (secondary N) is 1. The molecule has 0 aliphatic rings. The topological polar surface area (TPSA) is 105 Å². The highest BCUT2D eigenvalue weighted by Crippen LogP contribution is 2.32. The second-order valence-corrected chi connectivity index (χ2v) is 9.81. The SMILES string of the molecule is CCCCOCCCNC[C@H](O)[C@@H](Cc1ccccc1)c1c(C(N)=O)cccc1C(=O)N(CCC)CCC. The van der Waals surface area contributed by atoms with Crippen LogP contribution in [0, 0.1) is 0 Å². The number of aliphatic hydroxyl groups is 1. The van der Waals surface area contributed by atoms with Gasteiger partial charge in [-0.05, 0) is 61.9 Å². The van der Waals surface area contributed by atoms with Crippen LogP contribution in [0.3, 0.4) is 0 Å². The number of unbranched alkanes of at least 4 members (excludes halogenated alkanes) is 1. The van der Waals surface area contributed by atoms with Gasteiger partial charge in [0.2, 0.25) is 5.91 Å². The number of carbonyl (C=O) groups is 2. The number of aliphatic hydroxyl groups excluding tert-OH is 1. The van der Waals surface area contributed by atoms with Crippen LogP contribution < -0.4 is 11.1 Å².